The molecular formula is C16H23N5O2. The largest absolute Gasteiger partial charge is 0.384 e. The zero-order valence-corrected chi connectivity index (χ0v) is 13.5. The van der Waals surface area contributed by atoms with Crippen molar-refractivity contribution in [2.45, 2.75) is 25.2 Å². The van der Waals surface area contributed by atoms with Crippen LogP contribution >= 0.6 is 0 Å². The Hall–Kier alpha value is -2.15. The summed E-state index contributed by atoms with van der Waals surface area (Å²) in [4.78, 5) is 12.2. The van der Waals surface area contributed by atoms with Crippen LogP contribution in [-0.4, -0.2) is 42.6 Å². The summed E-state index contributed by atoms with van der Waals surface area (Å²) in [5.41, 5.74) is 1.63. The van der Waals surface area contributed by atoms with Gasteiger partial charge in [-0.3, -0.25) is 9.89 Å². The number of anilines is 1. The van der Waals surface area contributed by atoms with Crippen molar-refractivity contribution in [3.63, 3.8) is 0 Å². The molecule has 0 saturated heterocycles. The molecule has 1 amide bonds. The first-order valence-corrected chi connectivity index (χ1v) is 7.93. The molecule has 1 aromatic rings. The number of amides is 1. The van der Waals surface area contributed by atoms with E-state index in [9.17, 15) is 4.79 Å². The molecule has 2 aliphatic carbocycles. The Morgan fingerprint density at radius 1 is 1.48 bits per heavy atom. The molecule has 2 atom stereocenters. The van der Waals surface area contributed by atoms with Crippen LogP contribution < -0.4 is 10.6 Å². The minimum absolute atomic E-state index is 0.162. The molecule has 23 heavy (non-hydrogen) atoms. The summed E-state index contributed by atoms with van der Waals surface area (Å²) in [5, 5.41) is 20.5. The molecule has 7 nitrogen and oxygen atoms in total. The molecule has 0 aliphatic heterocycles. The third-order valence-electron chi connectivity index (χ3n) is 4.66. The molecule has 0 spiro atoms. The maximum atomic E-state index is 12.2. The molecule has 124 valence electrons. The van der Waals surface area contributed by atoms with Crippen LogP contribution in [0.2, 0.25) is 0 Å². The van der Waals surface area contributed by atoms with E-state index < -0.39 is 0 Å². The molecule has 3 rings (SSSR count). The van der Waals surface area contributed by atoms with Crippen molar-refractivity contribution in [1.29, 1.82) is 5.41 Å². The molecule has 0 bridgehead atoms. The number of H-pyrrole nitrogens is 1. The van der Waals surface area contributed by atoms with Crippen LogP contribution in [0.15, 0.2) is 17.8 Å². The maximum absolute atomic E-state index is 12.2. The third kappa shape index (κ3) is 3.61. The zero-order chi connectivity index (χ0) is 16.4. The summed E-state index contributed by atoms with van der Waals surface area (Å²) in [6.45, 7) is 0.162. The van der Waals surface area contributed by atoms with Crippen LogP contribution in [0.4, 0.5) is 5.82 Å². The van der Waals surface area contributed by atoms with Crippen LogP contribution in [0.1, 0.15) is 30.9 Å². The van der Waals surface area contributed by atoms with Crippen LogP contribution in [0.5, 0.6) is 0 Å². The molecule has 1 aromatic heterocycles. The van der Waals surface area contributed by atoms with Gasteiger partial charge in [0.25, 0.3) is 5.91 Å². The monoisotopic (exact) mass is 317 g/mol. The van der Waals surface area contributed by atoms with Crippen molar-refractivity contribution in [3.8, 4) is 0 Å². The SMILES string of the molecule is CN/C(=C\C(=N)COC)C(=O)Nc1cc(C2CC3CC3C2)[nH]n1. The maximum Gasteiger partial charge on any atom is 0.272 e. The number of fused-ring (bicyclic) bond motifs is 1. The van der Waals surface area contributed by atoms with Gasteiger partial charge in [0, 0.05) is 31.8 Å². The standard InChI is InChI=1S/C16H23N5O2/c1-18-14(6-12(17)8-23-2)16(22)19-15-7-13(20-21-15)11-4-9-3-10(9)5-11/h6-7,9-11,17-18H,3-5,8H2,1-2H3,(H2,19,20,21,22)/b14-6-,17-12?. The van der Waals surface area contributed by atoms with Gasteiger partial charge in [0.1, 0.15) is 5.70 Å². The predicted octanol–water partition coefficient (Wildman–Crippen LogP) is 1.63. The van der Waals surface area contributed by atoms with Gasteiger partial charge in [0.2, 0.25) is 0 Å². The summed E-state index contributed by atoms with van der Waals surface area (Å²) < 4.78 is 4.87. The molecule has 7 heteroatoms. The lowest BCUT2D eigenvalue weighted by Crippen LogP contribution is -2.24. The lowest BCUT2D eigenvalue weighted by molar-refractivity contribution is -0.113. The number of carbonyl (C=O) groups is 1. The van der Waals surface area contributed by atoms with Crippen molar-refractivity contribution in [2.75, 3.05) is 26.1 Å². The Morgan fingerprint density at radius 3 is 2.87 bits per heavy atom. The van der Waals surface area contributed by atoms with Crippen LogP contribution in [0, 0.1) is 17.2 Å². The second-order valence-corrected chi connectivity index (χ2v) is 6.35. The molecule has 2 aliphatic rings. The van der Waals surface area contributed by atoms with Gasteiger partial charge in [-0.2, -0.15) is 5.10 Å². The molecule has 2 saturated carbocycles. The molecule has 2 fully saturated rings. The van der Waals surface area contributed by atoms with E-state index in [1.807, 2.05) is 6.07 Å². The lowest BCUT2D eigenvalue weighted by Gasteiger charge is -2.08. The van der Waals surface area contributed by atoms with E-state index in [0.29, 0.717) is 17.4 Å². The fraction of sp³-hybridized carbons (Fsp3) is 0.562. The van der Waals surface area contributed by atoms with E-state index in [4.69, 9.17) is 10.1 Å². The van der Waals surface area contributed by atoms with Gasteiger partial charge in [-0.15, -0.1) is 0 Å². The fourth-order valence-electron chi connectivity index (χ4n) is 3.38. The first-order valence-electron chi connectivity index (χ1n) is 7.93. The highest BCUT2D eigenvalue weighted by atomic mass is 16.5. The molecule has 1 heterocycles. The number of hydrogen-bond acceptors (Lipinski definition) is 5. The van der Waals surface area contributed by atoms with E-state index >= 15 is 0 Å². The average Bonchev–Trinajstić information content (AvgIpc) is 2.94. The van der Waals surface area contributed by atoms with Gasteiger partial charge in [0.05, 0.1) is 12.3 Å². The second-order valence-electron chi connectivity index (χ2n) is 6.35. The minimum Gasteiger partial charge on any atom is -0.384 e. The first-order chi connectivity index (χ1) is 11.1. The summed E-state index contributed by atoms with van der Waals surface area (Å²) in [5.74, 6) is 2.57. The first kappa shape index (κ1) is 15.7. The van der Waals surface area contributed by atoms with Crippen molar-refractivity contribution in [3.05, 3.63) is 23.5 Å². The number of ether oxygens (including phenoxy) is 1. The highest BCUT2D eigenvalue weighted by molar-refractivity contribution is 6.08. The Labute approximate surface area is 135 Å². The number of methoxy groups -OCH3 is 1. The molecule has 0 radical (unpaired) electrons. The lowest BCUT2D eigenvalue weighted by atomic mass is 10.00. The quantitative estimate of drug-likeness (QED) is 0.453. The van der Waals surface area contributed by atoms with Gasteiger partial charge in [-0.1, -0.05) is 0 Å². The van der Waals surface area contributed by atoms with Crippen LogP contribution in [0.3, 0.4) is 0 Å². The Kier molecular flexibility index (Phi) is 4.47. The van der Waals surface area contributed by atoms with Crippen LogP contribution in [0.25, 0.3) is 0 Å². The van der Waals surface area contributed by atoms with Crippen molar-refractivity contribution >= 4 is 17.4 Å². The third-order valence-corrected chi connectivity index (χ3v) is 4.66. The van der Waals surface area contributed by atoms with Crippen LogP contribution in [-0.2, 0) is 9.53 Å². The average molecular weight is 317 g/mol. The van der Waals surface area contributed by atoms with Gasteiger partial charge < -0.3 is 20.8 Å². The zero-order valence-electron chi connectivity index (χ0n) is 13.5. The number of carbonyl (C=O) groups excluding carboxylic acids is 1. The fourth-order valence-corrected chi connectivity index (χ4v) is 3.38. The molecule has 0 aromatic carbocycles. The summed E-state index contributed by atoms with van der Waals surface area (Å²) >= 11 is 0. The van der Waals surface area contributed by atoms with E-state index in [0.717, 1.165) is 17.5 Å². The number of hydrogen-bond donors (Lipinski definition) is 4. The summed E-state index contributed by atoms with van der Waals surface area (Å²) in [6.07, 6.45) is 5.31. The van der Waals surface area contributed by atoms with Gasteiger partial charge in [-0.25, -0.2) is 0 Å². The van der Waals surface area contributed by atoms with Crippen molar-refractivity contribution < 1.29 is 9.53 Å². The molecule has 4 N–H and O–H groups in total. The molecule has 2 unspecified atom stereocenters. The predicted molar refractivity (Wildman–Crippen MR) is 87.5 cm³/mol. The normalized spacial score (nSPS) is 25.8. The number of rotatable bonds is 7. The number of aromatic amines is 1. The second kappa shape index (κ2) is 6.54. The highest BCUT2D eigenvalue weighted by Gasteiger charge is 2.46. The summed E-state index contributed by atoms with van der Waals surface area (Å²) in [7, 11) is 3.16. The highest BCUT2D eigenvalue weighted by Crippen LogP contribution is 2.57. The van der Waals surface area contributed by atoms with E-state index in [2.05, 4.69) is 20.8 Å². The molecular weight excluding hydrogens is 294 g/mol. The van der Waals surface area contributed by atoms with Gasteiger partial charge >= 0.3 is 0 Å². The van der Waals surface area contributed by atoms with E-state index in [-0.39, 0.29) is 18.2 Å². The van der Waals surface area contributed by atoms with E-state index in [1.165, 1.54) is 32.4 Å². The number of likely N-dealkylation sites (N-methyl/N-ethyl adjacent to an activating group) is 1. The Bertz CT molecular complexity index is 626. The van der Waals surface area contributed by atoms with Crippen molar-refractivity contribution in [1.82, 2.24) is 15.5 Å². The van der Waals surface area contributed by atoms with Gasteiger partial charge in [0.15, 0.2) is 5.82 Å². The number of nitrogens with one attached hydrogen (secondary N) is 4. The topological polar surface area (TPSA) is 103 Å². The smallest absolute Gasteiger partial charge is 0.272 e. The van der Waals surface area contributed by atoms with Crippen molar-refractivity contribution in [2.24, 2.45) is 11.8 Å². The minimum atomic E-state index is -0.319. The summed E-state index contributed by atoms with van der Waals surface area (Å²) in [6, 6.07) is 1.92. The Morgan fingerprint density at radius 2 is 2.22 bits per heavy atom. The number of nitrogens with zero attached hydrogens (tertiary/aromatic N) is 1. The number of aromatic nitrogens is 2. The van der Waals surface area contributed by atoms with Gasteiger partial charge in [-0.05, 0) is 37.2 Å². The Balaban J connectivity index is 1.60. The van der Waals surface area contributed by atoms with E-state index in [1.54, 1.807) is 7.05 Å².